The Balaban J connectivity index is 2.05. The molecule has 0 fully saturated rings. The standard InChI is InChI=1S/C23H23F5N2O/c1-13(2)11-22(3,29)12-31-20-5-4-14(8-17(20)23(26,27)28)16-6-7-30-19-10-15(24)9-18(25)21(16)19/h4-10,13H,11-12,29H2,1-3H3. The van der Waals surface area contributed by atoms with Crippen LogP contribution >= 0.6 is 0 Å². The smallest absolute Gasteiger partial charge is 0.419 e. The van der Waals surface area contributed by atoms with Crippen LogP contribution in [0, 0.1) is 17.6 Å². The number of benzene rings is 2. The second-order valence-electron chi connectivity index (χ2n) is 8.39. The molecule has 31 heavy (non-hydrogen) atoms. The van der Waals surface area contributed by atoms with Gasteiger partial charge in [0, 0.05) is 29.3 Å². The predicted molar refractivity (Wildman–Crippen MR) is 110 cm³/mol. The first kappa shape index (κ1) is 22.9. The summed E-state index contributed by atoms with van der Waals surface area (Å²) in [6.07, 6.45) is -2.84. The summed E-state index contributed by atoms with van der Waals surface area (Å²) in [6, 6.07) is 6.57. The third-order valence-electron chi connectivity index (χ3n) is 4.79. The molecule has 2 N–H and O–H groups in total. The van der Waals surface area contributed by atoms with Gasteiger partial charge in [0.1, 0.15) is 24.0 Å². The predicted octanol–water partition coefficient (Wildman–Crippen LogP) is 6.34. The molecule has 1 unspecified atom stereocenters. The lowest BCUT2D eigenvalue weighted by atomic mass is 9.93. The Kier molecular flexibility index (Phi) is 6.23. The molecule has 0 bridgehead atoms. The molecule has 0 saturated heterocycles. The van der Waals surface area contributed by atoms with Crippen molar-refractivity contribution in [1.29, 1.82) is 0 Å². The maximum absolute atomic E-state index is 14.4. The minimum Gasteiger partial charge on any atom is -0.491 e. The zero-order valence-corrected chi connectivity index (χ0v) is 17.4. The lowest BCUT2D eigenvalue weighted by Crippen LogP contribution is -2.43. The lowest BCUT2D eigenvalue weighted by molar-refractivity contribution is -0.139. The Morgan fingerprint density at radius 1 is 1.06 bits per heavy atom. The molecule has 0 saturated carbocycles. The van der Waals surface area contributed by atoms with E-state index in [4.69, 9.17) is 10.5 Å². The highest BCUT2D eigenvalue weighted by Crippen LogP contribution is 2.40. The SMILES string of the molecule is CC(C)CC(C)(N)COc1ccc(-c2ccnc3cc(F)cc(F)c23)cc1C(F)(F)F. The van der Waals surface area contributed by atoms with E-state index in [-0.39, 0.29) is 40.3 Å². The number of hydrogen-bond acceptors (Lipinski definition) is 3. The molecular weight excluding hydrogens is 415 g/mol. The molecular formula is C23H23F5N2O. The van der Waals surface area contributed by atoms with Crippen LogP contribution in [0.1, 0.15) is 32.8 Å². The Bertz CT molecular complexity index is 1090. The van der Waals surface area contributed by atoms with Gasteiger partial charge in [0.15, 0.2) is 0 Å². The van der Waals surface area contributed by atoms with E-state index in [1.54, 1.807) is 6.92 Å². The number of alkyl halides is 3. The topological polar surface area (TPSA) is 48.1 Å². The summed E-state index contributed by atoms with van der Waals surface area (Å²) in [5.41, 5.74) is 4.63. The highest BCUT2D eigenvalue weighted by Gasteiger charge is 2.35. The minimum atomic E-state index is -4.71. The van der Waals surface area contributed by atoms with Crippen LogP contribution < -0.4 is 10.5 Å². The molecule has 166 valence electrons. The Hall–Kier alpha value is -2.74. The summed E-state index contributed by atoms with van der Waals surface area (Å²) in [5, 5.41) is -0.0582. The zero-order valence-electron chi connectivity index (χ0n) is 17.4. The molecule has 0 spiro atoms. The molecule has 3 aromatic rings. The van der Waals surface area contributed by atoms with Gasteiger partial charge in [0.25, 0.3) is 0 Å². The summed E-state index contributed by atoms with van der Waals surface area (Å²) >= 11 is 0. The van der Waals surface area contributed by atoms with E-state index < -0.39 is 28.9 Å². The molecule has 8 heteroatoms. The van der Waals surface area contributed by atoms with Gasteiger partial charge in [-0.3, -0.25) is 4.98 Å². The van der Waals surface area contributed by atoms with Crippen LogP contribution in [0.15, 0.2) is 42.6 Å². The molecule has 1 atom stereocenters. The van der Waals surface area contributed by atoms with Crippen molar-refractivity contribution in [2.45, 2.75) is 38.9 Å². The summed E-state index contributed by atoms with van der Waals surface area (Å²) in [6.45, 7) is 5.55. The highest BCUT2D eigenvalue weighted by atomic mass is 19.4. The Morgan fingerprint density at radius 3 is 2.42 bits per heavy atom. The monoisotopic (exact) mass is 438 g/mol. The van der Waals surface area contributed by atoms with E-state index in [9.17, 15) is 22.0 Å². The molecule has 2 aromatic carbocycles. The van der Waals surface area contributed by atoms with Crippen LogP contribution in [0.4, 0.5) is 22.0 Å². The molecule has 3 rings (SSSR count). The van der Waals surface area contributed by atoms with Crippen LogP contribution in [0.2, 0.25) is 0 Å². The fourth-order valence-electron chi connectivity index (χ4n) is 3.72. The van der Waals surface area contributed by atoms with Crippen molar-refractivity contribution in [3.8, 4) is 16.9 Å². The van der Waals surface area contributed by atoms with Crippen molar-refractivity contribution < 1.29 is 26.7 Å². The van der Waals surface area contributed by atoms with Gasteiger partial charge in [0.05, 0.1) is 11.1 Å². The van der Waals surface area contributed by atoms with Crippen LogP contribution in [0.3, 0.4) is 0 Å². The fourth-order valence-corrected chi connectivity index (χ4v) is 3.72. The van der Waals surface area contributed by atoms with E-state index in [1.807, 2.05) is 13.8 Å². The normalized spacial score (nSPS) is 14.1. The summed E-state index contributed by atoms with van der Waals surface area (Å²) in [4.78, 5) is 3.92. The number of ether oxygens (including phenoxy) is 1. The third kappa shape index (κ3) is 5.31. The van der Waals surface area contributed by atoms with Crippen LogP contribution in [0.5, 0.6) is 5.75 Å². The summed E-state index contributed by atoms with van der Waals surface area (Å²) in [5.74, 6) is -1.83. The molecule has 0 radical (unpaired) electrons. The van der Waals surface area contributed by atoms with Gasteiger partial charge in [-0.15, -0.1) is 0 Å². The van der Waals surface area contributed by atoms with E-state index in [0.717, 1.165) is 12.1 Å². The van der Waals surface area contributed by atoms with Crippen LogP contribution in [-0.4, -0.2) is 17.1 Å². The van der Waals surface area contributed by atoms with Gasteiger partial charge in [0.2, 0.25) is 0 Å². The molecule has 0 aliphatic heterocycles. The van der Waals surface area contributed by atoms with E-state index in [0.29, 0.717) is 12.5 Å². The highest BCUT2D eigenvalue weighted by molar-refractivity contribution is 5.95. The number of halogens is 5. The first-order valence-corrected chi connectivity index (χ1v) is 9.74. The summed E-state index contributed by atoms with van der Waals surface area (Å²) in [7, 11) is 0. The molecule has 0 aliphatic rings. The average molecular weight is 438 g/mol. The molecule has 1 heterocycles. The lowest BCUT2D eigenvalue weighted by Gasteiger charge is -2.27. The van der Waals surface area contributed by atoms with Gasteiger partial charge in [-0.2, -0.15) is 13.2 Å². The number of rotatable bonds is 6. The minimum absolute atomic E-state index is 0.0106. The molecule has 3 nitrogen and oxygen atoms in total. The molecule has 0 aliphatic carbocycles. The number of aromatic nitrogens is 1. The van der Waals surface area contributed by atoms with Gasteiger partial charge in [-0.1, -0.05) is 19.9 Å². The molecule has 1 aromatic heterocycles. The fraction of sp³-hybridized carbons (Fsp3) is 0.348. The third-order valence-corrected chi connectivity index (χ3v) is 4.79. The van der Waals surface area contributed by atoms with Gasteiger partial charge in [-0.25, -0.2) is 8.78 Å². The first-order valence-electron chi connectivity index (χ1n) is 9.74. The van der Waals surface area contributed by atoms with Gasteiger partial charge >= 0.3 is 6.18 Å². The molecule has 0 amide bonds. The van der Waals surface area contributed by atoms with Crippen molar-refractivity contribution in [3.63, 3.8) is 0 Å². The van der Waals surface area contributed by atoms with Crippen LogP contribution in [-0.2, 0) is 6.18 Å². The van der Waals surface area contributed by atoms with Crippen LogP contribution in [0.25, 0.3) is 22.0 Å². The summed E-state index contributed by atoms with van der Waals surface area (Å²) < 4.78 is 74.7. The van der Waals surface area contributed by atoms with Crippen molar-refractivity contribution >= 4 is 10.9 Å². The second kappa shape index (κ2) is 8.42. The van der Waals surface area contributed by atoms with Crippen molar-refractivity contribution in [3.05, 3.63) is 59.8 Å². The van der Waals surface area contributed by atoms with E-state index >= 15 is 0 Å². The van der Waals surface area contributed by atoms with Gasteiger partial charge < -0.3 is 10.5 Å². The number of hydrogen-bond donors (Lipinski definition) is 1. The Morgan fingerprint density at radius 2 is 1.77 bits per heavy atom. The largest absolute Gasteiger partial charge is 0.491 e. The van der Waals surface area contributed by atoms with E-state index in [2.05, 4.69) is 4.98 Å². The van der Waals surface area contributed by atoms with Crippen molar-refractivity contribution in [2.24, 2.45) is 11.7 Å². The van der Waals surface area contributed by atoms with Crippen molar-refractivity contribution in [2.75, 3.05) is 6.61 Å². The maximum atomic E-state index is 14.4. The second-order valence-corrected chi connectivity index (χ2v) is 8.39. The number of nitrogens with zero attached hydrogens (tertiary/aromatic N) is 1. The zero-order chi connectivity index (χ0) is 23.0. The number of fused-ring (bicyclic) bond motifs is 1. The number of pyridine rings is 1. The van der Waals surface area contributed by atoms with Crippen molar-refractivity contribution in [1.82, 2.24) is 4.98 Å². The quantitative estimate of drug-likeness (QED) is 0.457. The average Bonchev–Trinajstić information content (AvgIpc) is 2.64. The maximum Gasteiger partial charge on any atom is 0.419 e. The first-order chi connectivity index (χ1) is 14.4. The van der Waals surface area contributed by atoms with E-state index in [1.165, 1.54) is 24.4 Å². The Labute approximate surface area is 177 Å². The van der Waals surface area contributed by atoms with Gasteiger partial charge in [-0.05, 0) is 48.6 Å². The number of nitrogens with two attached hydrogens (primary N) is 1.